The average molecular weight is 413 g/mol. The molecule has 4 rings (SSSR count). The third kappa shape index (κ3) is 3.96. The Hall–Kier alpha value is -3.49. The normalized spacial score (nSPS) is 14.5. The van der Waals surface area contributed by atoms with Crippen molar-refractivity contribution in [2.75, 3.05) is 18.0 Å². The van der Waals surface area contributed by atoms with Crippen LogP contribution in [0.15, 0.2) is 59.8 Å². The van der Waals surface area contributed by atoms with Crippen LogP contribution in [-0.4, -0.2) is 32.6 Å². The van der Waals surface area contributed by atoms with Crippen LogP contribution in [0.4, 0.5) is 19.1 Å². The molecule has 6 nitrogen and oxygen atoms in total. The number of anilines is 1. The van der Waals surface area contributed by atoms with Crippen molar-refractivity contribution in [3.05, 3.63) is 76.5 Å². The molecular formula is C21H18F3N5O. The molecule has 0 radical (unpaired) electrons. The third-order valence-corrected chi connectivity index (χ3v) is 4.97. The largest absolute Gasteiger partial charge is 0.416 e. The van der Waals surface area contributed by atoms with Gasteiger partial charge in [-0.2, -0.15) is 13.2 Å². The molecule has 154 valence electrons. The summed E-state index contributed by atoms with van der Waals surface area (Å²) in [6.07, 6.45) is 1.29. The zero-order valence-corrected chi connectivity index (χ0v) is 16.1. The molecule has 30 heavy (non-hydrogen) atoms. The second-order valence-electron chi connectivity index (χ2n) is 6.95. The van der Waals surface area contributed by atoms with Crippen LogP contribution >= 0.6 is 0 Å². The highest BCUT2D eigenvalue weighted by atomic mass is 19.4. The summed E-state index contributed by atoms with van der Waals surface area (Å²) in [6.45, 7) is 1.07. The van der Waals surface area contributed by atoms with Gasteiger partial charge in [0.15, 0.2) is 0 Å². The van der Waals surface area contributed by atoms with Gasteiger partial charge in [0, 0.05) is 32.4 Å². The Bertz CT molecular complexity index is 1140. The maximum absolute atomic E-state index is 12.8. The Balaban J connectivity index is 1.64. The molecule has 1 aliphatic heterocycles. The van der Waals surface area contributed by atoms with Crippen LogP contribution in [0.3, 0.4) is 0 Å². The Morgan fingerprint density at radius 1 is 1.07 bits per heavy atom. The molecule has 0 unspecified atom stereocenters. The fourth-order valence-corrected chi connectivity index (χ4v) is 3.38. The van der Waals surface area contributed by atoms with Crippen LogP contribution in [0, 0.1) is 0 Å². The Morgan fingerprint density at radius 3 is 2.50 bits per heavy atom. The van der Waals surface area contributed by atoms with E-state index < -0.39 is 11.7 Å². The maximum Gasteiger partial charge on any atom is 0.416 e. The number of alkyl halides is 3. The van der Waals surface area contributed by atoms with Crippen LogP contribution in [-0.2, 0) is 13.2 Å². The van der Waals surface area contributed by atoms with Gasteiger partial charge in [-0.1, -0.05) is 18.2 Å². The fourth-order valence-electron chi connectivity index (χ4n) is 3.38. The molecule has 0 amide bonds. The van der Waals surface area contributed by atoms with Crippen LogP contribution < -0.4 is 10.5 Å². The number of hydrogen-bond acceptors (Lipinski definition) is 5. The van der Waals surface area contributed by atoms with Crippen molar-refractivity contribution in [3.8, 4) is 11.4 Å². The molecule has 3 aromatic rings. The standard InChI is InChI=1S/C21H18F3N5O/c1-28-19(30)11-18(17-8-9-25-13-26-17)27-20(28)29-10-2-3-15(12-29)14-4-6-16(7-5-14)21(22,23)24/h3-9,11,13H,2,10,12H2,1H3. The molecule has 1 aliphatic rings. The van der Waals surface area contributed by atoms with Crippen LogP contribution in [0.1, 0.15) is 17.5 Å². The number of halogens is 3. The summed E-state index contributed by atoms with van der Waals surface area (Å²) in [7, 11) is 1.64. The lowest BCUT2D eigenvalue weighted by Gasteiger charge is -2.30. The lowest BCUT2D eigenvalue weighted by Crippen LogP contribution is -2.35. The third-order valence-electron chi connectivity index (χ3n) is 4.97. The van der Waals surface area contributed by atoms with Crippen molar-refractivity contribution in [2.24, 2.45) is 7.05 Å². The Labute approximate surface area is 170 Å². The summed E-state index contributed by atoms with van der Waals surface area (Å²) in [5.74, 6) is 0.480. The van der Waals surface area contributed by atoms with Gasteiger partial charge in [-0.25, -0.2) is 15.0 Å². The van der Waals surface area contributed by atoms with E-state index in [4.69, 9.17) is 0 Å². The van der Waals surface area contributed by atoms with Crippen molar-refractivity contribution >= 4 is 11.5 Å². The van der Waals surface area contributed by atoms with Crippen molar-refractivity contribution in [2.45, 2.75) is 12.6 Å². The minimum Gasteiger partial charge on any atom is -0.338 e. The van der Waals surface area contributed by atoms with Crippen molar-refractivity contribution < 1.29 is 13.2 Å². The molecule has 0 N–H and O–H groups in total. The summed E-state index contributed by atoms with van der Waals surface area (Å²) in [4.78, 5) is 27.1. The molecule has 0 atom stereocenters. The molecule has 2 aromatic heterocycles. The lowest BCUT2D eigenvalue weighted by molar-refractivity contribution is -0.137. The highest BCUT2D eigenvalue weighted by molar-refractivity contribution is 5.71. The minimum atomic E-state index is -4.37. The first-order chi connectivity index (χ1) is 14.3. The summed E-state index contributed by atoms with van der Waals surface area (Å²) < 4.78 is 40.0. The number of aromatic nitrogens is 4. The highest BCUT2D eigenvalue weighted by Gasteiger charge is 2.30. The smallest absolute Gasteiger partial charge is 0.338 e. The van der Waals surface area contributed by atoms with Crippen LogP contribution in [0.2, 0.25) is 0 Å². The predicted molar refractivity (Wildman–Crippen MR) is 107 cm³/mol. The number of hydrogen-bond donors (Lipinski definition) is 0. The predicted octanol–water partition coefficient (Wildman–Crippen LogP) is 3.55. The van der Waals surface area contributed by atoms with E-state index in [-0.39, 0.29) is 5.56 Å². The SMILES string of the molecule is Cn1c(N2CCC=C(c3ccc(C(F)(F)F)cc3)C2)nc(-c2ccncn2)cc1=O. The van der Waals surface area contributed by atoms with Gasteiger partial charge in [0.25, 0.3) is 5.56 Å². The maximum atomic E-state index is 12.8. The van der Waals surface area contributed by atoms with Gasteiger partial charge in [0.1, 0.15) is 6.33 Å². The van der Waals surface area contributed by atoms with E-state index >= 15 is 0 Å². The van der Waals surface area contributed by atoms with Crippen LogP contribution in [0.25, 0.3) is 17.0 Å². The Kier molecular flexibility index (Phi) is 5.11. The Morgan fingerprint density at radius 2 is 1.83 bits per heavy atom. The van der Waals surface area contributed by atoms with Gasteiger partial charge >= 0.3 is 6.18 Å². The number of nitrogens with zero attached hydrogens (tertiary/aromatic N) is 5. The molecule has 1 aromatic carbocycles. The van der Waals surface area contributed by atoms with Gasteiger partial charge in [0.05, 0.1) is 17.0 Å². The number of benzene rings is 1. The minimum absolute atomic E-state index is 0.223. The molecule has 3 heterocycles. The monoisotopic (exact) mass is 413 g/mol. The molecular weight excluding hydrogens is 395 g/mol. The van der Waals surface area contributed by atoms with E-state index in [0.29, 0.717) is 42.4 Å². The second kappa shape index (κ2) is 7.74. The first-order valence-corrected chi connectivity index (χ1v) is 9.29. The zero-order chi connectivity index (χ0) is 21.3. The van der Waals surface area contributed by atoms with E-state index in [1.165, 1.54) is 29.1 Å². The molecule has 0 fully saturated rings. The quantitative estimate of drug-likeness (QED) is 0.657. The molecule has 0 spiro atoms. The topological polar surface area (TPSA) is 63.9 Å². The van der Waals surface area contributed by atoms with Gasteiger partial charge in [-0.05, 0) is 35.8 Å². The van der Waals surface area contributed by atoms with Gasteiger partial charge in [-0.15, -0.1) is 0 Å². The molecule has 0 saturated carbocycles. The van der Waals surface area contributed by atoms with Gasteiger partial charge < -0.3 is 4.90 Å². The van der Waals surface area contributed by atoms with E-state index in [9.17, 15) is 18.0 Å². The summed E-state index contributed by atoms with van der Waals surface area (Å²) in [5.41, 5.74) is 1.68. The van der Waals surface area contributed by atoms with Crippen molar-refractivity contribution in [1.29, 1.82) is 0 Å². The number of rotatable bonds is 3. The second-order valence-corrected chi connectivity index (χ2v) is 6.95. The highest BCUT2D eigenvalue weighted by Crippen LogP contribution is 2.31. The average Bonchev–Trinajstić information content (AvgIpc) is 2.76. The first kappa shape index (κ1) is 19.8. The van der Waals surface area contributed by atoms with Crippen molar-refractivity contribution in [3.63, 3.8) is 0 Å². The molecule has 9 heteroatoms. The first-order valence-electron chi connectivity index (χ1n) is 9.29. The lowest BCUT2D eigenvalue weighted by atomic mass is 10.00. The zero-order valence-electron chi connectivity index (χ0n) is 16.1. The van der Waals surface area contributed by atoms with E-state index in [2.05, 4.69) is 15.0 Å². The van der Waals surface area contributed by atoms with Crippen LogP contribution in [0.5, 0.6) is 0 Å². The van der Waals surface area contributed by atoms with E-state index in [0.717, 1.165) is 17.7 Å². The van der Waals surface area contributed by atoms with Crippen molar-refractivity contribution in [1.82, 2.24) is 19.5 Å². The molecule has 0 saturated heterocycles. The van der Waals surface area contributed by atoms with E-state index in [1.807, 2.05) is 11.0 Å². The molecule has 0 bridgehead atoms. The summed E-state index contributed by atoms with van der Waals surface area (Å²) in [5, 5.41) is 0. The molecule has 0 aliphatic carbocycles. The van der Waals surface area contributed by atoms with E-state index in [1.54, 1.807) is 19.3 Å². The summed E-state index contributed by atoms with van der Waals surface area (Å²) in [6, 6.07) is 8.21. The summed E-state index contributed by atoms with van der Waals surface area (Å²) >= 11 is 0. The van der Waals surface area contributed by atoms with Gasteiger partial charge in [-0.3, -0.25) is 9.36 Å². The fraction of sp³-hybridized carbons (Fsp3) is 0.238. The van der Waals surface area contributed by atoms with Gasteiger partial charge in [0.2, 0.25) is 5.95 Å².